The zero-order chi connectivity index (χ0) is 20.3. The molecule has 0 radical (unpaired) electrons. The number of hydrogen-bond acceptors (Lipinski definition) is 2. The van der Waals surface area contributed by atoms with Crippen molar-refractivity contribution in [1.82, 2.24) is 10.2 Å². The van der Waals surface area contributed by atoms with Gasteiger partial charge in [0.15, 0.2) is 0 Å². The smallest absolute Gasteiger partial charge is 0.228 e. The number of nitrogens with one attached hydrogen (secondary N) is 1. The molecule has 152 valence electrons. The molecule has 0 aromatic heterocycles. The Labute approximate surface area is 173 Å². The van der Waals surface area contributed by atoms with E-state index in [1.165, 1.54) is 5.56 Å². The van der Waals surface area contributed by atoms with Crippen LogP contribution in [0.4, 0.5) is 0 Å². The summed E-state index contributed by atoms with van der Waals surface area (Å²) in [5.74, 6) is 0.480. The van der Waals surface area contributed by atoms with E-state index >= 15 is 0 Å². The molecule has 2 aromatic carbocycles. The van der Waals surface area contributed by atoms with Gasteiger partial charge in [0, 0.05) is 26.1 Å². The van der Waals surface area contributed by atoms with E-state index in [1.54, 1.807) is 7.05 Å². The van der Waals surface area contributed by atoms with Gasteiger partial charge in [0.1, 0.15) is 0 Å². The van der Waals surface area contributed by atoms with Crippen molar-refractivity contribution in [3.05, 3.63) is 60.2 Å². The average Bonchev–Trinajstić information content (AvgIpc) is 2.73. The van der Waals surface area contributed by atoms with Crippen molar-refractivity contribution in [2.75, 3.05) is 20.1 Å². The highest BCUT2D eigenvalue weighted by Gasteiger charge is 2.44. The molecule has 1 atom stereocenters. The third kappa shape index (κ3) is 4.07. The van der Waals surface area contributed by atoms with Crippen LogP contribution in [0.1, 0.15) is 37.7 Å². The minimum atomic E-state index is -0.554. The number of carbonyl (C=O) groups excluding carboxylic acids is 2. The van der Waals surface area contributed by atoms with Crippen LogP contribution in [0.25, 0.3) is 11.1 Å². The van der Waals surface area contributed by atoms with Crippen LogP contribution in [0, 0.1) is 11.3 Å². The van der Waals surface area contributed by atoms with Crippen LogP contribution in [0.15, 0.2) is 54.6 Å². The summed E-state index contributed by atoms with van der Waals surface area (Å²) < 4.78 is 0. The van der Waals surface area contributed by atoms with Crippen molar-refractivity contribution >= 4 is 11.8 Å². The Morgan fingerprint density at radius 2 is 1.79 bits per heavy atom. The second kappa shape index (κ2) is 8.40. The van der Waals surface area contributed by atoms with Crippen molar-refractivity contribution in [3.63, 3.8) is 0 Å². The number of nitrogens with zero attached hydrogens (tertiary/aromatic N) is 1. The highest BCUT2D eigenvalue weighted by atomic mass is 16.2. The Kier molecular flexibility index (Phi) is 5.70. The van der Waals surface area contributed by atoms with Crippen LogP contribution >= 0.6 is 0 Å². The van der Waals surface area contributed by atoms with Gasteiger partial charge in [-0.3, -0.25) is 9.59 Å². The zero-order valence-corrected chi connectivity index (χ0v) is 17.2. The Balaban J connectivity index is 1.59. The standard InChI is InChI=1S/C25H30N2O2/c1-26-24(29)25(14-7-15-27(18-25)23(28)21-11-6-12-21)17-19-8-5-13-22(16-19)20-9-3-2-4-10-20/h2-5,8-10,13,16,21H,6-7,11-12,14-15,17-18H2,1H3,(H,26,29)/t25-/m0/s1. The van der Waals surface area contributed by atoms with Gasteiger partial charge >= 0.3 is 0 Å². The Morgan fingerprint density at radius 3 is 2.48 bits per heavy atom. The number of carbonyl (C=O) groups is 2. The van der Waals surface area contributed by atoms with E-state index in [2.05, 4.69) is 41.7 Å². The second-order valence-corrected chi connectivity index (χ2v) is 8.59. The lowest BCUT2D eigenvalue weighted by molar-refractivity contribution is -0.146. The average molecular weight is 391 g/mol. The van der Waals surface area contributed by atoms with E-state index in [4.69, 9.17) is 0 Å². The highest BCUT2D eigenvalue weighted by molar-refractivity contribution is 5.85. The molecule has 1 aliphatic heterocycles. The monoisotopic (exact) mass is 390 g/mol. The van der Waals surface area contributed by atoms with Crippen LogP contribution in [0.2, 0.25) is 0 Å². The van der Waals surface area contributed by atoms with E-state index in [-0.39, 0.29) is 17.7 Å². The van der Waals surface area contributed by atoms with E-state index < -0.39 is 5.41 Å². The van der Waals surface area contributed by atoms with Crippen molar-refractivity contribution in [3.8, 4) is 11.1 Å². The molecular weight excluding hydrogens is 360 g/mol. The van der Waals surface area contributed by atoms with E-state index in [0.29, 0.717) is 13.0 Å². The molecule has 0 spiro atoms. The first kappa shape index (κ1) is 19.7. The van der Waals surface area contributed by atoms with Crippen LogP contribution in [-0.4, -0.2) is 36.9 Å². The lowest BCUT2D eigenvalue weighted by Gasteiger charge is -2.43. The van der Waals surface area contributed by atoms with Crippen molar-refractivity contribution < 1.29 is 9.59 Å². The van der Waals surface area contributed by atoms with Gasteiger partial charge < -0.3 is 10.2 Å². The molecule has 4 rings (SSSR count). The maximum absolute atomic E-state index is 13.0. The van der Waals surface area contributed by atoms with Gasteiger partial charge in [-0.2, -0.15) is 0 Å². The topological polar surface area (TPSA) is 49.4 Å². The molecule has 1 saturated heterocycles. The first-order chi connectivity index (χ1) is 14.1. The van der Waals surface area contributed by atoms with Gasteiger partial charge in [0.25, 0.3) is 0 Å². The predicted molar refractivity (Wildman–Crippen MR) is 115 cm³/mol. The molecule has 2 fully saturated rings. The molecule has 1 saturated carbocycles. The summed E-state index contributed by atoms with van der Waals surface area (Å²) in [5, 5.41) is 2.88. The van der Waals surface area contributed by atoms with Crippen molar-refractivity contribution in [2.45, 2.75) is 38.5 Å². The molecule has 0 unspecified atom stereocenters. The number of likely N-dealkylation sites (tertiary alicyclic amines) is 1. The van der Waals surface area contributed by atoms with Crippen LogP contribution < -0.4 is 5.32 Å². The van der Waals surface area contributed by atoms with Gasteiger partial charge in [-0.25, -0.2) is 0 Å². The molecule has 0 bridgehead atoms. The summed E-state index contributed by atoms with van der Waals surface area (Å²) in [7, 11) is 1.71. The van der Waals surface area contributed by atoms with Gasteiger partial charge in [-0.1, -0.05) is 61.0 Å². The van der Waals surface area contributed by atoms with Crippen molar-refractivity contribution in [1.29, 1.82) is 0 Å². The molecule has 1 heterocycles. The minimum absolute atomic E-state index is 0.0497. The Hall–Kier alpha value is -2.62. The zero-order valence-electron chi connectivity index (χ0n) is 17.2. The maximum atomic E-state index is 13.0. The number of hydrogen-bond donors (Lipinski definition) is 1. The fourth-order valence-electron chi connectivity index (χ4n) is 4.79. The predicted octanol–water partition coefficient (Wildman–Crippen LogP) is 4.05. The molecule has 29 heavy (non-hydrogen) atoms. The van der Waals surface area contributed by atoms with Gasteiger partial charge in [-0.15, -0.1) is 0 Å². The summed E-state index contributed by atoms with van der Waals surface area (Å²) in [6.45, 7) is 1.30. The maximum Gasteiger partial charge on any atom is 0.228 e. The summed E-state index contributed by atoms with van der Waals surface area (Å²) in [6, 6.07) is 18.8. The first-order valence-electron chi connectivity index (χ1n) is 10.8. The highest BCUT2D eigenvalue weighted by Crippen LogP contribution is 2.37. The number of rotatable bonds is 5. The molecule has 1 N–H and O–H groups in total. The molecular formula is C25H30N2O2. The second-order valence-electron chi connectivity index (χ2n) is 8.59. The number of piperidine rings is 1. The summed E-state index contributed by atoms with van der Waals surface area (Å²) in [5.41, 5.74) is 2.93. The SMILES string of the molecule is CNC(=O)[C@]1(Cc2cccc(-c3ccccc3)c2)CCCN(C(=O)C2CCC2)C1. The third-order valence-corrected chi connectivity index (χ3v) is 6.63. The van der Waals surface area contributed by atoms with Crippen LogP contribution in [0.5, 0.6) is 0 Å². The Bertz CT molecular complexity index is 875. The minimum Gasteiger partial charge on any atom is -0.359 e. The van der Waals surface area contributed by atoms with Gasteiger partial charge in [-0.05, 0) is 48.8 Å². The fraction of sp³-hybridized carbons (Fsp3) is 0.440. The number of benzene rings is 2. The summed E-state index contributed by atoms with van der Waals surface area (Å²) in [6.07, 6.45) is 5.50. The Morgan fingerprint density at radius 1 is 1.03 bits per heavy atom. The number of amides is 2. The molecule has 4 nitrogen and oxygen atoms in total. The van der Waals surface area contributed by atoms with E-state index in [0.717, 1.165) is 49.8 Å². The first-order valence-corrected chi connectivity index (χ1v) is 10.8. The largest absolute Gasteiger partial charge is 0.359 e. The molecule has 2 aliphatic rings. The lowest BCUT2D eigenvalue weighted by Crippen LogP contribution is -2.55. The third-order valence-electron chi connectivity index (χ3n) is 6.63. The molecule has 4 heteroatoms. The molecule has 2 aromatic rings. The molecule has 2 amide bonds. The van der Waals surface area contributed by atoms with Crippen molar-refractivity contribution in [2.24, 2.45) is 11.3 Å². The quantitative estimate of drug-likeness (QED) is 0.837. The van der Waals surface area contributed by atoms with Crippen LogP contribution in [-0.2, 0) is 16.0 Å². The molecule has 1 aliphatic carbocycles. The van der Waals surface area contributed by atoms with Gasteiger partial charge in [0.05, 0.1) is 5.41 Å². The lowest BCUT2D eigenvalue weighted by atomic mass is 9.73. The fourth-order valence-corrected chi connectivity index (χ4v) is 4.79. The normalized spacial score (nSPS) is 22.0. The van der Waals surface area contributed by atoms with E-state index in [1.807, 2.05) is 23.1 Å². The van der Waals surface area contributed by atoms with E-state index in [9.17, 15) is 9.59 Å². The summed E-state index contributed by atoms with van der Waals surface area (Å²) >= 11 is 0. The van der Waals surface area contributed by atoms with Gasteiger partial charge in [0.2, 0.25) is 11.8 Å². The van der Waals surface area contributed by atoms with Crippen LogP contribution in [0.3, 0.4) is 0 Å². The summed E-state index contributed by atoms with van der Waals surface area (Å²) in [4.78, 5) is 27.8.